The van der Waals surface area contributed by atoms with Gasteiger partial charge in [-0.15, -0.1) is 0 Å². The van der Waals surface area contributed by atoms with Crippen LogP contribution in [-0.2, 0) is 17.8 Å². The largest absolute Gasteiger partial charge is 0.497 e. The molecule has 0 bridgehead atoms. The summed E-state index contributed by atoms with van der Waals surface area (Å²) in [6.45, 7) is 4.00. The van der Waals surface area contributed by atoms with Crippen molar-refractivity contribution in [3.05, 3.63) is 53.1 Å². The number of nitrogens with one attached hydrogen (secondary N) is 2. The molecular formula is C25H33N2O4+. The summed E-state index contributed by atoms with van der Waals surface area (Å²) >= 11 is 0. The van der Waals surface area contributed by atoms with Crippen molar-refractivity contribution >= 4 is 5.91 Å². The Morgan fingerprint density at radius 2 is 1.74 bits per heavy atom. The smallest absolute Gasteiger partial charge is 0.223 e. The average molecular weight is 426 g/mol. The summed E-state index contributed by atoms with van der Waals surface area (Å²) in [7, 11) is 5.02. The van der Waals surface area contributed by atoms with Crippen LogP contribution in [0.15, 0.2) is 36.4 Å². The quantitative estimate of drug-likeness (QED) is 0.682. The van der Waals surface area contributed by atoms with Crippen LogP contribution >= 0.6 is 0 Å². The first-order valence-electron chi connectivity index (χ1n) is 11.1. The Bertz CT molecular complexity index is 924. The van der Waals surface area contributed by atoms with E-state index in [1.165, 1.54) is 21.6 Å². The number of quaternary nitrogens is 1. The van der Waals surface area contributed by atoms with Crippen LogP contribution in [-0.4, -0.2) is 39.8 Å². The molecule has 4 rings (SSSR count). The van der Waals surface area contributed by atoms with Crippen LogP contribution in [0.2, 0.25) is 0 Å². The van der Waals surface area contributed by atoms with Crippen LogP contribution in [0, 0.1) is 5.92 Å². The predicted molar refractivity (Wildman–Crippen MR) is 119 cm³/mol. The Kier molecular flexibility index (Phi) is 6.37. The van der Waals surface area contributed by atoms with E-state index < -0.39 is 0 Å². The van der Waals surface area contributed by atoms with Gasteiger partial charge in [0.2, 0.25) is 5.91 Å². The number of benzene rings is 2. The van der Waals surface area contributed by atoms with Gasteiger partial charge in [-0.1, -0.05) is 0 Å². The minimum absolute atomic E-state index is 0.0125. The second kappa shape index (κ2) is 9.18. The third kappa shape index (κ3) is 4.64. The molecule has 6 nitrogen and oxygen atoms in total. The number of hydrogen-bond donors (Lipinski definition) is 2. The number of carbonyl (C=O) groups is 1. The first-order chi connectivity index (χ1) is 15.0. The number of ether oxygens (including phenoxy) is 3. The Hall–Kier alpha value is -2.73. The lowest BCUT2D eigenvalue weighted by Gasteiger charge is -2.38. The Balaban J connectivity index is 1.65. The van der Waals surface area contributed by atoms with E-state index in [2.05, 4.69) is 36.5 Å². The normalized spacial score (nSPS) is 21.0. The lowest BCUT2D eigenvalue weighted by molar-refractivity contribution is -0.948. The van der Waals surface area contributed by atoms with Crippen molar-refractivity contribution in [2.45, 2.75) is 44.8 Å². The van der Waals surface area contributed by atoms with Crippen LogP contribution < -0.4 is 24.4 Å². The third-order valence-corrected chi connectivity index (χ3v) is 6.54. The zero-order chi connectivity index (χ0) is 22.0. The van der Waals surface area contributed by atoms with Gasteiger partial charge in [-0.25, -0.2) is 0 Å². The van der Waals surface area contributed by atoms with Gasteiger partial charge in [-0.2, -0.15) is 0 Å². The summed E-state index contributed by atoms with van der Waals surface area (Å²) < 4.78 is 16.4. The van der Waals surface area contributed by atoms with Gasteiger partial charge in [0.25, 0.3) is 0 Å². The molecule has 1 aliphatic heterocycles. The van der Waals surface area contributed by atoms with Gasteiger partial charge in [0.15, 0.2) is 11.5 Å². The summed E-state index contributed by atoms with van der Waals surface area (Å²) in [5.74, 6) is 2.73. The molecule has 6 heteroatoms. The van der Waals surface area contributed by atoms with Gasteiger partial charge in [0.1, 0.15) is 18.3 Å². The second-order valence-corrected chi connectivity index (χ2v) is 8.64. The summed E-state index contributed by atoms with van der Waals surface area (Å²) in [6.07, 6.45) is 2.97. The van der Waals surface area contributed by atoms with Gasteiger partial charge in [-0.05, 0) is 61.7 Å². The lowest BCUT2D eigenvalue weighted by Crippen LogP contribution is -3.13. The molecule has 2 N–H and O–H groups in total. The highest BCUT2D eigenvalue weighted by molar-refractivity contribution is 5.81. The van der Waals surface area contributed by atoms with E-state index in [-0.39, 0.29) is 23.9 Å². The van der Waals surface area contributed by atoms with Gasteiger partial charge in [-0.3, -0.25) is 4.79 Å². The fraction of sp³-hybridized carbons (Fsp3) is 0.480. The zero-order valence-electron chi connectivity index (χ0n) is 18.9. The molecule has 2 aromatic rings. The molecule has 1 aliphatic carbocycles. The SMILES string of the molecule is COc1ccc(C[NH+]2CCc3cc(OC)c(OC)cc3[C@H]2[C@@H](C)NC(=O)C2CC2)cc1. The van der Waals surface area contributed by atoms with Crippen molar-refractivity contribution < 1.29 is 23.9 Å². The van der Waals surface area contributed by atoms with Crippen molar-refractivity contribution in [3.8, 4) is 17.2 Å². The molecule has 1 amide bonds. The summed E-state index contributed by atoms with van der Waals surface area (Å²) in [4.78, 5) is 14.0. The summed E-state index contributed by atoms with van der Waals surface area (Å²) in [5, 5.41) is 3.30. The maximum atomic E-state index is 12.6. The first kappa shape index (κ1) is 21.5. The Labute approximate surface area is 184 Å². The number of methoxy groups -OCH3 is 3. The molecule has 2 aliphatic rings. The Morgan fingerprint density at radius 3 is 2.35 bits per heavy atom. The van der Waals surface area contributed by atoms with E-state index >= 15 is 0 Å². The molecule has 0 radical (unpaired) electrons. The highest BCUT2D eigenvalue weighted by Crippen LogP contribution is 2.35. The van der Waals surface area contributed by atoms with Crippen LogP contribution in [0.4, 0.5) is 0 Å². The minimum atomic E-state index is 0.0125. The highest BCUT2D eigenvalue weighted by atomic mass is 16.5. The number of amides is 1. The third-order valence-electron chi connectivity index (χ3n) is 6.54. The minimum Gasteiger partial charge on any atom is -0.497 e. The van der Waals surface area contributed by atoms with E-state index in [9.17, 15) is 4.79 Å². The van der Waals surface area contributed by atoms with Crippen molar-refractivity contribution in [1.82, 2.24) is 5.32 Å². The van der Waals surface area contributed by atoms with E-state index in [1.807, 2.05) is 12.1 Å². The van der Waals surface area contributed by atoms with E-state index in [4.69, 9.17) is 14.2 Å². The molecule has 1 unspecified atom stereocenters. The molecule has 1 heterocycles. The molecule has 31 heavy (non-hydrogen) atoms. The van der Waals surface area contributed by atoms with Gasteiger partial charge >= 0.3 is 0 Å². The molecule has 2 aromatic carbocycles. The number of carbonyl (C=O) groups excluding carboxylic acids is 1. The molecule has 3 atom stereocenters. The lowest BCUT2D eigenvalue weighted by atomic mass is 9.87. The van der Waals surface area contributed by atoms with Crippen LogP contribution in [0.5, 0.6) is 17.2 Å². The number of hydrogen-bond acceptors (Lipinski definition) is 4. The van der Waals surface area contributed by atoms with Crippen LogP contribution in [0.25, 0.3) is 0 Å². The zero-order valence-corrected chi connectivity index (χ0v) is 18.9. The van der Waals surface area contributed by atoms with Crippen molar-refractivity contribution in [3.63, 3.8) is 0 Å². The average Bonchev–Trinajstić information content (AvgIpc) is 3.64. The maximum absolute atomic E-state index is 12.6. The topological polar surface area (TPSA) is 61.2 Å². The molecule has 1 saturated carbocycles. The number of fused-ring (bicyclic) bond motifs is 1. The molecular weight excluding hydrogens is 392 g/mol. The highest BCUT2D eigenvalue weighted by Gasteiger charge is 2.39. The summed E-state index contributed by atoms with van der Waals surface area (Å²) in [5.41, 5.74) is 3.76. The number of rotatable bonds is 8. The predicted octanol–water partition coefficient (Wildman–Crippen LogP) is 2.31. The molecule has 0 saturated heterocycles. The molecule has 1 fully saturated rings. The monoisotopic (exact) mass is 425 g/mol. The van der Waals surface area contributed by atoms with Crippen LogP contribution in [0.1, 0.15) is 42.5 Å². The fourth-order valence-corrected chi connectivity index (χ4v) is 4.71. The Morgan fingerprint density at radius 1 is 1.06 bits per heavy atom. The molecule has 166 valence electrons. The standard InChI is InChI=1S/C25H32N2O4/c1-16(26-25(28)18-7-8-18)24-21-14-23(31-4)22(30-3)13-19(21)11-12-27(24)15-17-5-9-20(29-2)10-6-17/h5-6,9-10,13-14,16,18,24H,7-8,11-12,15H2,1-4H3,(H,26,28)/p+1/t16-,24-/m1/s1. The molecule has 0 aromatic heterocycles. The van der Waals surface area contributed by atoms with E-state index in [1.54, 1.807) is 21.3 Å². The summed E-state index contributed by atoms with van der Waals surface area (Å²) in [6, 6.07) is 12.6. The molecule has 0 spiro atoms. The van der Waals surface area contributed by atoms with Crippen molar-refractivity contribution in [2.75, 3.05) is 27.9 Å². The van der Waals surface area contributed by atoms with E-state index in [0.29, 0.717) is 0 Å². The van der Waals surface area contributed by atoms with Crippen molar-refractivity contribution in [2.24, 2.45) is 5.92 Å². The first-order valence-corrected chi connectivity index (χ1v) is 11.1. The fourth-order valence-electron chi connectivity index (χ4n) is 4.71. The van der Waals surface area contributed by atoms with E-state index in [0.717, 1.165) is 49.6 Å². The van der Waals surface area contributed by atoms with Gasteiger partial charge in [0, 0.05) is 23.5 Å². The van der Waals surface area contributed by atoms with Crippen molar-refractivity contribution in [1.29, 1.82) is 0 Å². The van der Waals surface area contributed by atoms with Gasteiger partial charge in [0.05, 0.1) is 33.9 Å². The maximum Gasteiger partial charge on any atom is 0.223 e. The van der Waals surface area contributed by atoms with Gasteiger partial charge < -0.3 is 24.4 Å². The second-order valence-electron chi connectivity index (χ2n) is 8.64. The van der Waals surface area contributed by atoms with Crippen LogP contribution in [0.3, 0.4) is 0 Å².